The first-order valence-electron chi connectivity index (χ1n) is 7.99. The summed E-state index contributed by atoms with van der Waals surface area (Å²) in [4.78, 5) is 13.9. The molecular weight excluding hydrogens is 408 g/mol. The number of benzene rings is 2. The number of thioether (sulfide) groups is 1. The quantitative estimate of drug-likeness (QED) is 0.686. The van der Waals surface area contributed by atoms with Gasteiger partial charge in [-0.15, -0.1) is 11.8 Å². The highest BCUT2D eigenvalue weighted by atomic mass is 35.5. The molecule has 142 valence electrons. The van der Waals surface area contributed by atoms with E-state index in [1.165, 1.54) is 22.9 Å². The van der Waals surface area contributed by atoms with E-state index in [2.05, 4.69) is 5.32 Å². The van der Waals surface area contributed by atoms with Gasteiger partial charge in [0.1, 0.15) is 5.37 Å². The zero-order valence-corrected chi connectivity index (χ0v) is 16.4. The molecule has 0 saturated heterocycles. The Bertz CT molecular complexity index is 936. The van der Waals surface area contributed by atoms with Crippen molar-refractivity contribution in [1.29, 1.82) is 0 Å². The molecule has 2 atom stereocenters. The first-order chi connectivity index (χ1) is 12.9. The Kier molecular flexibility index (Phi) is 6.11. The first kappa shape index (κ1) is 19.8. The van der Waals surface area contributed by atoms with Gasteiger partial charge in [-0.3, -0.25) is 9.45 Å². The van der Waals surface area contributed by atoms with Crippen LogP contribution in [0.4, 0.5) is 4.79 Å². The van der Waals surface area contributed by atoms with E-state index in [4.69, 9.17) is 11.6 Å². The molecule has 6 nitrogen and oxygen atoms in total. The van der Waals surface area contributed by atoms with Gasteiger partial charge in [-0.1, -0.05) is 72.3 Å². The molecule has 1 aliphatic heterocycles. The second-order valence-corrected chi connectivity index (χ2v) is 8.83. The van der Waals surface area contributed by atoms with Crippen molar-refractivity contribution in [3.05, 3.63) is 83.0 Å². The van der Waals surface area contributed by atoms with Crippen molar-refractivity contribution in [2.75, 3.05) is 0 Å². The summed E-state index contributed by atoms with van der Waals surface area (Å²) >= 11 is 7.53. The van der Waals surface area contributed by atoms with Crippen LogP contribution in [0.3, 0.4) is 0 Å². The van der Waals surface area contributed by atoms with E-state index in [-0.39, 0.29) is 5.03 Å². The molecule has 2 aromatic rings. The summed E-state index contributed by atoms with van der Waals surface area (Å²) in [5.74, 6) is 0.636. The molecule has 3 rings (SSSR count). The van der Waals surface area contributed by atoms with Crippen molar-refractivity contribution in [3.8, 4) is 0 Å². The van der Waals surface area contributed by atoms with Gasteiger partial charge in [0.25, 0.3) is 10.1 Å². The number of nitrogens with zero attached hydrogens (tertiary/aromatic N) is 1. The van der Waals surface area contributed by atoms with Crippen LogP contribution in [0, 0.1) is 0 Å². The highest BCUT2D eigenvalue weighted by Gasteiger charge is 2.37. The van der Waals surface area contributed by atoms with E-state index in [1.807, 2.05) is 60.7 Å². The number of hydrogen-bond donors (Lipinski definition) is 2. The molecule has 0 saturated carbocycles. The van der Waals surface area contributed by atoms with Crippen LogP contribution in [0.25, 0.3) is 0 Å². The largest absolute Gasteiger partial charge is 0.324 e. The number of hydrogen-bond acceptors (Lipinski definition) is 4. The van der Waals surface area contributed by atoms with Crippen molar-refractivity contribution in [2.24, 2.45) is 0 Å². The van der Waals surface area contributed by atoms with Gasteiger partial charge in [0.15, 0.2) is 5.37 Å². The van der Waals surface area contributed by atoms with Crippen molar-refractivity contribution in [2.45, 2.75) is 16.5 Å². The van der Waals surface area contributed by atoms with Gasteiger partial charge in [-0.05, 0) is 11.1 Å². The SMILES string of the molecule is O=C1NC(S(=O)(=O)O)C(Cl)=CN1C(SCc1ccccc1)c1ccccc1. The number of amides is 2. The van der Waals surface area contributed by atoms with Crippen LogP contribution in [-0.2, 0) is 15.9 Å². The fourth-order valence-corrected chi connectivity index (χ4v) is 4.91. The third-order valence-corrected chi connectivity index (χ3v) is 6.62. The minimum atomic E-state index is -4.54. The van der Waals surface area contributed by atoms with Crippen molar-refractivity contribution in [3.63, 3.8) is 0 Å². The smallest absolute Gasteiger partial charge is 0.314 e. The second-order valence-electron chi connectivity index (χ2n) is 5.83. The lowest BCUT2D eigenvalue weighted by Gasteiger charge is -2.34. The van der Waals surface area contributed by atoms with Crippen LogP contribution in [-0.4, -0.2) is 29.3 Å². The van der Waals surface area contributed by atoms with Crippen molar-refractivity contribution < 1.29 is 17.8 Å². The number of nitrogens with one attached hydrogen (secondary N) is 1. The maximum Gasteiger partial charge on any atom is 0.324 e. The van der Waals surface area contributed by atoms with Crippen LogP contribution in [0.15, 0.2) is 71.9 Å². The number of carbonyl (C=O) groups excluding carboxylic acids is 1. The Morgan fingerprint density at radius 3 is 2.30 bits per heavy atom. The molecule has 0 aromatic heterocycles. The Hall–Kier alpha value is -2.00. The highest BCUT2D eigenvalue weighted by Crippen LogP contribution is 2.37. The van der Waals surface area contributed by atoms with Crippen LogP contribution in [0.1, 0.15) is 16.5 Å². The summed E-state index contributed by atoms with van der Waals surface area (Å²) in [6.45, 7) is 0. The Labute approximate surface area is 167 Å². The molecule has 0 bridgehead atoms. The molecule has 0 fully saturated rings. The van der Waals surface area contributed by atoms with Gasteiger partial charge < -0.3 is 5.32 Å². The number of rotatable bonds is 6. The van der Waals surface area contributed by atoms with Crippen LogP contribution in [0.2, 0.25) is 0 Å². The molecule has 2 aromatic carbocycles. The van der Waals surface area contributed by atoms with Gasteiger partial charge in [0.05, 0.1) is 5.03 Å². The second kappa shape index (κ2) is 8.35. The van der Waals surface area contributed by atoms with Gasteiger partial charge in [0.2, 0.25) is 0 Å². The maximum absolute atomic E-state index is 12.5. The van der Waals surface area contributed by atoms with Crippen LogP contribution in [0.5, 0.6) is 0 Å². The molecule has 2 amide bonds. The molecule has 0 aliphatic carbocycles. The van der Waals surface area contributed by atoms with Gasteiger partial charge in [-0.25, -0.2) is 4.79 Å². The summed E-state index contributed by atoms with van der Waals surface area (Å²) in [5, 5.41) is -0.0245. The first-order valence-corrected chi connectivity index (χ1v) is 10.9. The molecule has 0 spiro atoms. The lowest BCUT2D eigenvalue weighted by atomic mass is 10.2. The predicted molar refractivity (Wildman–Crippen MR) is 107 cm³/mol. The summed E-state index contributed by atoms with van der Waals surface area (Å²) in [6, 6.07) is 18.5. The number of carbonyl (C=O) groups is 1. The highest BCUT2D eigenvalue weighted by molar-refractivity contribution is 7.98. The van der Waals surface area contributed by atoms with E-state index >= 15 is 0 Å². The molecule has 27 heavy (non-hydrogen) atoms. The Balaban J connectivity index is 1.91. The number of urea groups is 1. The van der Waals surface area contributed by atoms with Crippen molar-refractivity contribution >= 4 is 39.5 Å². The lowest BCUT2D eigenvalue weighted by Crippen LogP contribution is -2.50. The van der Waals surface area contributed by atoms with Crippen LogP contribution >= 0.6 is 23.4 Å². The summed E-state index contributed by atoms with van der Waals surface area (Å²) < 4.78 is 32.0. The molecule has 9 heteroatoms. The normalized spacial score (nSPS) is 18.6. The van der Waals surface area contributed by atoms with E-state index in [9.17, 15) is 17.8 Å². The molecule has 1 aliphatic rings. The molecule has 2 unspecified atom stereocenters. The zero-order chi connectivity index (χ0) is 19.4. The minimum absolute atomic E-state index is 0.182. The maximum atomic E-state index is 12.5. The van der Waals surface area contributed by atoms with Gasteiger partial charge >= 0.3 is 6.03 Å². The predicted octanol–water partition coefficient (Wildman–Crippen LogP) is 3.94. The summed E-state index contributed by atoms with van der Waals surface area (Å²) in [7, 11) is -4.54. The molecular formula is C18H17ClN2O4S2. The fraction of sp³-hybridized carbons (Fsp3) is 0.167. The van der Waals surface area contributed by atoms with Gasteiger partial charge in [-0.2, -0.15) is 8.42 Å². The lowest BCUT2D eigenvalue weighted by molar-refractivity contribution is 0.208. The van der Waals surface area contributed by atoms with E-state index in [1.54, 1.807) is 0 Å². The molecule has 1 heterocycles. The fourth-order valence-electron chi connectivity index (χ4n) is 2.61. The standard InChI is InChI=1S/C18H17ClN2O4S2/c19-15-11-21(18(22)20-16(15)27(23,24)25)17(14-9-5-2-6-10-14)26-12-13-7-3-1-4-8-13/h1-11,16-17H,12H2,(H,20,22)(H,23,24,25). The third kappa shape index (κ3) is 4.84. The van der Waals surface area contributed by atoms with Gasteiger partial charge in [0, 0.05) is 12.0 Å². The average Bonchev–Trinajstić information content (AvgIpc) is 2.65. The van der Waals surface area contributed by atoms with E-state index in [0.29, 0.717) is 5.75 Å². The summed E-state index contributed by atoms with van der Waals surface area (Å²) in [6.07, 6.45) is 1.26. The van der Waals surface area contributed by atoms with E-state index in [0.717, 1.165) is 11.1 Å². The third-order valence-electron chi connectivity index (χ3n) is 3.89. The Morgan fingerprint density at radius 2 is 1.70 bits per heavy atom. The number of halogens is 1. The van der Waals surface area contributed by atoms with Crippen LogP contribution < -0.4 is 5.32 Å². The monoisotopic (exact) mass is 424 g/mol. The zero-order valence-electron chi connectivity index (χ0n) is 14.0. The molecule has 0 radical (unpaired) electrons. The van der Waals surface area contributed by atoms with E-state index < -0.39 is 26.9 Å². The van der Waals surface area contributed by atoms with Crippen molar-refractivity contribution in [1.82, 2.24) is 10.2 Å². The minimum Gasteiger partial charge on any atom is -0.314 e. The Morgan fingerprint density at radius 1 is 1.11 bits per heavy atom. The summed E-state index contributed by atoms with van der Waals surface area (Å²) in [5.41, 5.74) is 1.95. The average molecular weight is 425 g/mol. The topological polar surface area (TPSA) is 86.7 Å². The molecule has 2 N–H and O–H groups in total.